The van der Waals surface area contributed by atoms with E-state index in [0.29, 0.717) is 54.6 Å². The normalized spacial score (nSPS) is 15.1. The van der Waals surface area contributed by atoms with E-state index in [1.54, 1.807) is 6.07 Å². The number of unbranched alkanes of at least 4 members (excludes halogenated alkanes) is 1. The molecular formula is C28H29N3O4S. The first-order valence-electron chi connectivity index (χ1n) is 12.5. The van der Waals surface area contributed by atoms with Gasteiger partial charge in [-0.25, -0.2) is 4.98 Å². The van der Waals surface area contributed by atoms with E-state index in [2.05, 4.69) is 15.6 Å². The van der Waals surface area contributed by atoms with Gasteiger partial charge in [0.05, 0.1) is 4.88 Å². The molecule has 0 atom stereocenters. The molecule has 36 heavy (non-hydrogen) atoms. The molecule has 1 aliphatic carbocycles. The highest BCUT2D eigenvalue weighted by Gasteiger charge is 2.41. The maximum Gasteiger partial charge on any atom is 0.264 e. The highest BCUT2D eigenvalue weighted by Crippen LogP contribution is 2.31. The third-order valence-corrected chi connectivity index (χ3v) is 7.91. The predicted octanol–water partition coefficient (Wildman–Crippen LogP) is 5.64. The fourth-order valence-electron chi connectivity index (χ4n) is 4.82. The molecule has 1 aliphatic rings. The van der Waals surface area contributed by atoms with Gasteiger partial charge in [-0.05, 0) is 55.3 Å². The van der Waals surface area contributed by atoms with Crippen molar-refractivity contribution in [2.45, 2.75) is 56.9 Å². The molecule has 0 unspecified atom stereocenters. The Morgan fingerprint density at radius 1 is 0.972 bits per heavy atom. The van der Waals surface area contributed by atoms with Gasteiger partial charge in [0, 0.05) is 17.7 Å². The molecular weight excluding hydrogens is 474 g/mol. The molecule has 0 bridgehead atoms. The van der Waals surface area contributed by atoms with Crippen LogP contribution in [0.25, 0.3) is 21.2 Å². The number of oxazole rings is 1. The monoisotopic (exact) mass is 503 g/mol. The van der Waals surface area contributed by atoms with E-state index in [9.17, 15) is 14.4 Å². The number of benzene rings is 2. The summed E-state index contributed by atoms with van der Waals surface area (Å²) in [6.45, 7) is 0.445. The second-order valence-electron chi connectivity index (χ2n) is 9.37. The summed E-state index contributed by atoms with van der Waals surface area (Å²) in [4.78, 5) is 43.7. The van der Waals surface area contributed by atoms with Crippen LogP contribution in [0.15, 0.2) is 59.0 Å². The Kier molecular flexibility index (Phi) is 7.13. The van der Waals surface area contributed by atoms with Gasteiger partial charge in [-0.3, -0.25) is 14.4 Å². The highest BCUT2D eigenvalue weighted by atomic mass is 32.1. The standard InChI is InChI=1S/C28H29N3O4S/c32-21(26-30-20-11-3-4-13-22(20)35-26)12-6-9-17-29-27(34)28(15-7-1-8-16-28)31-25(33)24-18-19-10-2-5-14-23(19)36-24/h2-5,10-11,13-14,18H,1,6-9,12,15-17H2,(H,29,34)(H,31,33). The number of amides is 2. The molecule has 0 radical (unpaired) electrons. The van der Waals surface area contributed by atoms with Gasteiger partial charge in [0.2, 0.25) is 11.7 Å². The van der Waals surface area contributed by atoms with Crippen molar-refractivity contribution in [2.75, 3.05) is 6.54 Å². The number of aromatic nitrogens is 1. The Morgan fingerprint density at radius 3 is 2.56 bits per heavy atom. The van der Waals surface area contributed by atoms with E-state index in [1.165, 1.54) is 11.3 Å². The van der Waals surface area contributed by atoms with E-state index < -0.39 is 5.54 Å². The largest absolute Gasteiger partial charge is 0.434 e. The number of carbonyl (C=O) groups excluding carboxylic acids is 3. The fraction of sp³-hybridized carbons (Fsp3) is 0.357. The van der Waals surface area contributed by atoms with E-state index >= 15 is 0 Å². The number of fused-ring (bicyclic) bond motifs is 2. The van der Waals surface area contributed by atoms with Crippen molar-refractivity contribution in [3.63, 3.8) is 0 Å². The maximum absolute atomic E-state index is 13.3. The third kappa shape index (κ3) is 5.18. The van der Waals surface area contributed by atoms with Crippen LogP contribution in [0.1, 0.15) is 71.7 Å². The van der Waals surface area contributed by atoms with Crippen molar-refractivity contribution < 1.29 is 18.8 Å². The number of thiophene rings is 1. The van der Waals surface area contributed by atoms with Crippen LogP contribution in [0.2, 0.25) is 0 Å². The molecule has 5 rings (SSSR count). The van der Waals surface area contributed by atoms with Crippen molar-refractivity contribution in [1.29, 1.82) is 0 Å². The number of hydrogen-bond donors (Lipinski definition) is 2. The van der Waals surface area contributed by atoms with Crippen molar-refractivity contribution >= 4 is 50.1 Å². The summed E-state index contributed by atoms with van der Waals surface area (Å²) in [5, 5.41) is 7.13. The molecule has 4 aromatic rings. The van der Waals surface area contributed by atoms with Crippen LogP contribution in [-0.2, 0) is 4.79 Å². The summed E-state index contributed by atoms with van der Waals surface area (Å²) in [5.74, 6) is -0.346. The number of rotatable bonds is 9. The van der Waals surface area contributed by atoms with Crippen molar-refractivity contribution in [3.05, 3.63) is 65.4 Å². The Balaban J connectivity index is 1.14. The maximum atomic E-state index is 13.3. The Hall–Kier alpha value is -3.52. The van der Waals surface area contributed by atoms with Gasteiger partial charge < -0.3 is 15.1 Å². The zero-order valence-electron chi connectivity index (χ0n) is 20.0. The lowest BCUT2D eigenvalue weighted by Crippen LogP contribution is -2.59. The number of nitrogens with one attached hydrogen (secondary N) is 2. The summed E-state index contributed by atoms with van der Waals surface area (Å²) in [6.07, 6.45) is 5.69. The van der Waals surface area contributed by atoms with Crippen LogP contribution in [0, 0.1) is 0 Å². The van der Waals surface area contributed by atoms with Gasteiger partial charge in [0.1, 0.15) is 11.1 Å². The predicted molar refractivity (Wildman–Crippen MR) is 140 cm³/mol. The molecule has 0 saturated heterocycles. The topological polar surface area (TPSA) is 101 Å². The number of carbonyl (C=O) groups is 3. The van der Waals surface area contributed by atoms with Gasteiger partial charge in [0.15, 0.2) is 5.58 Å². The molecule has 7 nitrogen and oxygen atoms in total. The minimum atomic E-state index is -0.889. The number of hydrogen-bond acceptors (Lipinski definition) is 6. The van der Waals surface area contributed by atoms with Crippen LogP contribution >= 0.6 is 11.3 Å². The first kappa shape index (κ1) is 24.2. The molecule has 0 spiro atoms. The van der Waals surface area contributed by atoms with E-state index in [1.807, 2.05) is 48.5 Å². The summed E-state index contributed by atoms with van der Waals surface area (Å²) >= 11 is 1.44. The lowest BCUT2D eigenvalue weighted by atomic mass is 9.80. The fourth-order valence-corrected chi connectivity index (χ4v) is 5.77. The first-order valence-corrected chi connectivity index (χ1v) is 13.3. The van der Waals surface area contributed by atoms with Crippen molar-refractivity contribution in [3.8, 4) is 0 Å². The van der Waals surface area contributed by atoms with E-state index in [-0.39, 0.29) is 23.5 Å². The minimum Gasteiger partial charge on any atom is -0.434 e. The summed E-state index contributed by atoms with van der Waals surface area (Å²) in [6, 6.07) is 17.1. The molecule has 2 aromatic carbocycles. The van der Waals surface area contributed by atoms with Gasteiger partial charge in [0.25, 0.3) is 11.8 Å². The number of ketones is 1. The van der Waals surface area contributed by atoms with Gasteiger partial charge >= 0.3 is 0 Å². The molecule has 2 N–H and O–H groups in total. The number of Topliss-reactive ketones (excluding diaryl/α,β-unsaturated/α-hetero) is 1. The van der Waals surface area contributed by atoms with E-state index in [4.69, 9.17) is 4.42 Å². The van der Waals surface area contributed by atoms with Crippen LogP contribution in [-0.4, -0.2) is 34.7 Å². The molecule has 2 amide bonds. The van der Waals surface area contributed by atoms with Crippen LogP contribution in [0.5, 0.6) is 0 Å². The molecule has 1 fully saturated rings. The number of nitrogens with zero attached hydrogens (tertiary/aromatic N) is 1. The first-order chi connectivity index (χ1) is 17.5. The highest BCUT2D eigenvalue weighted by molar-refractivity contribution is 7.20. The second kappa shape index (κ2) is 10.6. The zero-order valence-corrected chi connectivity index (χ0v) is 20.9. The third-order valence-electron chi connectivity index (χ3n) is 6.79. The van der Waals surface area contributed by atoms with E-state index in [0.717, 1.165) is 29.3 Å². The average molecular weight is 504 g/mol. The molecule has 186 valence electrons. The number of para-hydroxylation sites is 2. The van der Waals surface area contributed by atoms with Gasteiger partial charge in [-0.2, -0.15) is 0 Å². The van der Waals surface area contributed by atoms with Crippen LogP contribution in [0.3, 0.4) is 0 Å². The Morgan fingerprint density at radius 2 is 1.75 bits per heavy atom. The summed E-state index contributed by atoms with van der Waals surface area (Å²) < 4.78 is 6.59. The lowest BCUT2D eigenvalue weighted by Gasteiger charge is -2.36. The van der Waals surface area contributed by atoms with Crippen molar-refractivity contribution in [2.24, 2.45) is 0 Å². The second-order valence-corrected chi connectivity index (χ2v) is 10.5. The lowest BCUT2D eigenvalue weighted by molar-refractivity contribution is -0.128. The molecule has 1 saturated carbocycles. The SMILES string of the molecule is O=C(CCCCNC(=O)C1(NC(=O)c2cc3ccccc3s2)CCCCC1)c1nc2ccccc2o1. The quantitative estimate of drug-likeness (QED) is 0.227. The summed E-state index contributed by atoms with van der Waals surface area (Å²) in [5.41, 5.74) is 0.381. The molecule has 8 heteroatoms. The average Bonchev–Trinajstić information content (AvgIpc) is 3.53. The van der Waals surface area contributed by atoms with Crippen LogP contribution in [0.4, 0.5) is 0 Å². The van der Waals surface area contributed by atoms with Crippen molar-refractivity contribution in [1.82, 2.24) is 15.6 Å². The minimum absolute atomic E-state index is 0.130. The van der Waals surface area contributed by atoms with Gasteiger partial charge in [-0.1, -0.05) is 49.6 Å². The Labute approximate surface area is 213 Å². The summed E-state index contributed by atoms with van der Waals surface area (Å²) in [7, 11) is 0. The molecule has 2 aromatic heterocycles. The molecule has 0 aliphatic heterocycles. The zero-order chi connectivity index (χ0) is 25.0. The molecule has 2 heterocycles. The smallest absolute Gasteiger partial charge is 0.264 e. The Bertz CT molecular complexity index is 1330. The van der Waals surface area contributed by atoms with Crippen LogP contribution < -0.4 is 10.6 Å². The van der Waals surface area contributed by atoms with Gasteiger partial charge in [-0.15, -0.1) is 11.3 Å².